The molecule has 1 aromatic carbocycles. The van der Waals surface area contributed by atoms with E-state index in [0.29, 0.717) is 11.3 Å². The van der Waals surface area contributed by atoms with Crippen LogP contribution in [0.3, 0.4) is 0 Å². The third kappa shape index (κ3) is 4.37. The first-order valence-electron chi connectivity index (χ1n) is 6.42. The lowest BCUT2D eigenvalue weighted by molar-refractivity contribution is -0.115. The summed E-state index contributed by atoms with van der Waals surface area (Å²) in [6.45, 7) is 4.95. The fraction of sp³-hybridized carbons (Fsp3) is 0.429. The van der Waals surface area contributed by atoms with Crippen molar-refractivity contribution in [1.82, 2.24) is 10.6 Å². The molecule has 3 N–H and O–H groups in total. The Morgan fingerprint density at radius 2 is 2.00 bits per heavy atom. The van der Waals surface area contributed by atoms with Crippen molar-refractivity contribution in [2.24, 2.45) is 0 Å². The molecule has 0 aliphatic rings. The van der Waals surface area contributed by atoms with E-state index in [1.165, 1.54) is 0 Å². The van der Waals surface area contributed by atoms with Crippen LogP contribution in [0.2, 0.25) is 0 Å². The fourth-order valence-electron chi connectivity index (χ4n) is 1.72. The number of benzene rings is 1. The number of amides is 2. The third-order valence-electron chi connectivity index (χ3n) is 2.79. The molecule has 104 valence electrons. The highest BCUT2D eigenvalue weighted by Gasteiger charge is 2.11. The molecule has 1 aromatic rings. The SMILES string of the molecule is CCCNCC(=O)Nc1cccc(C(=O)NC)c1C. The van der Waals surface area contributed by atoms with E-state index >= 15 is 0 Å². The number of carbonyl (C=O) groups excluding carboxylic acids is 2. The van der Waals surface area contributed by atoms with Gasteiger partial charge in [-0.3, -0.25) is 9.59 Å². The van der Waals surface area contributed by atoms with Gasteiger partial charge in [0.1, 0.15) is 0 Å². The summed E-state index contributed by atoms with van der Waals surface area (Å²) in [4.78, 5) is 23.4. The van der Waals surface area contributed by atoms with Gasteiger partial charge in [-0.2, -0.15) is 0 Å². The number of rotatable bonds is 6. The van der Waals surface area contributed by atoms with E-state index in [-0.39, 0.29) is 18.4 Å². The fourth-order valence-corrected chi connectivity index (χ4v) is 1.72. The normalized spacial score (nSPS) is 10.1. The maximum Gasteiger partial charge on any atom is 0.251 e. The van der Waals surface area contributed by atoms with E-state index in [1.807, 2.05) is 13.8 Å². The summed E-state index contributed by atoms with van der Waals surface area (Å²) in [7, 11) is 1.59. The monoisotopic (exact) mass is 263 g/mol. The smallest absolute Gasteiger partial charge is 0.251 e. The standard InChI is InChI=1S/C14H21N3O2/c1-4-8-16-9-13(18)17-12-7-5-6-11(10(12)2)14(19)15-3/h5-7,16H,4,8-9H2,1-3H3,(H,15,19)(H,17,18). The highest BCUT2D eigenvalue weighted by Crippen LogP contribution is 2.18. The second-order valence-corrected chi connectivity index (χ2v) is 4.28. The molecule has 0 saturated carbocycles. The molecule has 0 aromatic heterocycles. The van der Waals surface area contributed by atoms with Crippen molar-refractivity contribution in [3.63, 3.8) is 0 Å². The molecule has 0 heterocycles. The highest BCUT2D eigenvalue weighted by molar-refractivity contribution is 5.99. The van der Waals surface area contributed by atoms with Crippen molar-refractivity contribution in [2.45, 2.75) is 20.3 Å². The van der Waals surface area contributed by atoms with Crippen LogP contribution < -0.4 is 16.0 Å². The summed E-state index contributed by atoms with van der Waals surface area (Å²) in [5.41, 5.74) is 2.01. The van der Waals surface area contributed by atoms with Crippen LogP contribution in [0.1, 0.15) is 29.3 Å². The zero-order valence-electron chi connectivity index (χ0n) is 11.7. The molecular weight excluding hydrogens is 242 g/mol. The molecule has 0 saturated heterocycles. The van der Waals surface area contributed by atoms with Gasteiger partial charge in [-0.1, -0.05) is 13.0 Å². The summed E-state index contributed by atoms with van der Waals surface area (Å²) < 4.78 is 0. The van der Waals surface area contributed by atoms with Gasteiger partial charge in [0, 0.05) is 18.3 Å². The quantitative estimate of drug-likeness (QED) is 0.677. The molecule has 0 aliphatic heterocycles. The number of anilines is 1. The van der Waals surface area contributed by atoms with E-state index in [0.717, 1.165) is 18.5 Å². The Morgan fingerprint density at radius 3 is 2.63 bits per heavy atom. The molecule has 0 radical (unpaired) electrons. The van der Waals surface area contributed by atoms with Crippen molar-refractivity contribution in [2.75, 3.05) is 25.5 Å². The molecule has 0 spiro atoms. The molecule has 0 unspecified atom stereocenters. The second kappa shape index (κ2) is 7.53. The van der Waals surface area contributed by atoms with Crippen LogP contribution in [0.15, 0.2) is 18.2 Å². The van der Waals surface area contributed by atoms with E-state index in [4.69, 9.17) is 0 Å². The average Bonchev–Trinajstić information content (AvgIpc) is 2.40. The van der Waals surface area contributed by atoms with Crippen molar-refractivity contribution in [3.05, 3.63) is 29.3 Å². The zero-order valence-corrected chi connectivity index (χ0v) is 11.7. The van der Waals surface area contributed by atoms with Gasteiger partial charge >= 0.3 is 0 Å². The maximum absolute atomic E-state index is 11.7. The Labute approximate surface area is 113 Å². The number of hydrogen-bond acceptors (Lipinski definition) is 3. The van der Waals surface area contributed by atoms with Gasteiger partial charge in [-0.25, -0.2) is 0 Å². The van der Waals surface area contributed by atoms with Crippen molar-refractivity contribution in [3.8, 4) is 0 Å². The molecule has 0 bridgehead atoms. The van der Waals surface area contributed by atoms with Crippen LogP contribution in [0.25, 0.3) is 0 Å². The Balaban J connectivity index is 2.73. The van der Waals surface area contributed by atoms with Gasteiger partial charge in [0.05, 0.1) is 6.54 Å². The average molecular weight is 263 g/mol. The first-order valence-corrected chi connectivity index (χ1v) is 6.42. The van der Waals surface area contributed by atoms with E-state index in [1.54, 1.807) is 25.2 Å². The van der Waals surface area contributed by atoms with Crippen LogP contribution in [0.4, 0.5) is 5.69 Å². The zero-order chi connectivity index (χ0) is 14.3. The topological polar surface area (TPSA) is 70.2 Å². The molecule has 5 heteroatoms. The highest BCUT2D eigenvalue weighted by atomic mass is 16.2. The summed E-state index contributed by atoms with van der Waals surface area (Å²) in [6, 6.07) is 5.28. The summed E-state index contributed by atoms with van der Waals surface area (Å²) >= 11 is 0. The van der Waals surface area contributed by atoms with Gasteiger partial charge in [0.15, 0.2) is 0 Å². The lowest BCUT2D eigenvalue weighted by atomic mass is 10.1. The predicted molar refractivity (Wildman–Crippen MR) is 76.4 cm³/mol. The number of carbonyl (C=O) groups is 2. The molecule has 5 nitrogen and oxygen atoms in total. The largest absolute Gasteiger partial charge is 0.355 e. The van der Waals surface area contributed by atoms with Crippen LogP contribution in [0, 0.1) is 6.92 Å². The van der Waals surface area contributed by atoms with Gasteiger partial charge in [0.25, 0.3) is 5.91 Å². The van der Waals surface area contributed by atoms with Crippen LogP contribution in [-0.4, -0.2) is 32.0 Å². The predicted octanol–water partition coefficient (Wildman–Crippen LogP) is 1.29. The minimum atomic E-state index is -0.155. The van der Waals surface area contributed by atoms with E-state index in [2.05, 4.69) is 16.0 Å². The number of hydrogen-bond donors (Lipinski definition) is 3. The van der Waals surface area contributed by atoms with Crippen molar-refractivity contribution >= 4 is 17.5 Å². The maximum atomic E-state index is 11.7. The lowest BCUT2D eigenvalue weighted by Crippen LogP contribution is -2.29. The van der Waals surface area contributed by atoms with Crippen LogP contribution in [0.5, 0.6) is 0 Å². The molecule has 2 amide bonds. The van der Waals surface area contributed by atoms with Crippen LogP contribution in [-0.2, 0) is 4.79 Å². The van der Waals surface area contributed by atoms with Gasteiger partial charge in [-0.15, -0.1) is 0 Å². The first kappa shape index (κ1) is 15.2. The Morgan fingerprint density at radius 1 is 1.26 bits per heavy atom. The minimum absolute atomic E-state index is 0.106. The van der Waals surface area contributed by atoms with Gasteiger partial charge < -0.3 is 16.0 Å². The molecule has 1 rings (SSSR count). The lowest BCUT2D eigenvalue weighted by Gasteiger charge is -2.12. The van der Waals surface area contributed by atoms with E-state index in [9.17, 15) is 9.59 Å². The molecule has 0 fully saturated rings. The van der Waals surface area contributed by atoms with Crippen LogP contribution >= 0.6 is 0 Å². The molecule has 0 atom stereocenters. The van der Waals surface area contributed by atoms with Gasteiger partial charge in [-0.05, 0) is 37.6 Å². The van der Waals surface area contributed by atoms with Gasteiger partial charge in [0.2, 0.25) is 5.91 Å². The Bertz CT molecular complexity index is 458. The Kier molecular flexibility index (Phi) is 6.02. The molecule has 0 aliphatic carbocycles. The molecular formula is C14H21N3O2. The summed E-state index contributed by atoms with van der Waals surface area (Å²) in [6.07, 6.45) is 0.985. The Hall–Kier alpha value is -1.88. The minimum Gasteiger partial charge on any atom is -0.355 e. The summed E-state index contributed by atoms with van der Waals surface area (Å²) in [5, 5.41) is 8.42. The molecule has 19 heavy (non-hydrogen) atoms. The second-order valence-electron chi connectivity index (χ2n) is 4.28. The number of nitrogens with one attached hydrogen (secondary N) is 3. The summed E-state index contributed by atoms with van der Waals surface area (Å²) in [5.74, 6) is -0.261. The third-order valence-corrected chi connectivity index (χ3v) is 2.79. The van der Waals surface area contributed by atoms with Crippen molar-refractivity contribution < 1.29 is 9.59 Å². The van der Waals surface area contributed by atoms with Crippen molar-refractivity contribution in [1.29, 1.82) is 0 Å². The first-order chi connectivity index (χ1) is 9.10. The van der Waals surface area contributed by atoms with E-state index < -0.39 is 0 Å².